The van der Waals surface area contributed by atoms with E-state index in [2.05, 4.69) is 10.2 Å². The zero-order valence-corrected chi connectivity index (χ0v) is 18.7. The Balaban J connectivity index is 1.84. The second kappa shape index (κ2) is 11.8. The highest BCUT2D eigenvalue weighted by Gasteiger charge is 2.26. The van der Waals surface area contributed by atoms with Crippen LogP contribution in [0, 0.1) is 10.1 Å². The fraction of sp³-hybridized carbons (Fsp3) is 0.364. The van der Waals surface area contributed by atoms with Crippen molar-refractivity contribution < 1.29 is 28.0 Å². The lowest BCUT2D eigenvalue weighted by Gasteiger charge is -2.26. The number of rotatable bonds is 10. The number of ether oxygens (including phenoxy) is 1. The third-order valence-corrected chi connectivity index (χ3v) is 5.80. The number of morpholine rings is 1. The Morgan fingerprint density at radius 2 is 1.82 bits per heavy atom. The Hall–Kier alpha value is -2.99. The molecule has 0 aromatic heterocycles. The number of carbonyl (C=O) groups excluding carboxylic acids is 2. The molecule has 0 saturated carbocycles. The molecule has 2 aromatic rings. The van der Waals surface area contributed by atoms with E-state index in [0.717, 1.165) is 31.8 Å². The van der Waals surface area contributed by atoms with E-state index in [-0.39, 0.29) is 22.3 Å². The van der Waals surface area contributed by atoms with E-state index >= 15 is 0 Å². The maximum atomic E-state index is 13.0. The number of nitro benzene ring substituents is 1. The molecule has 1 fully saturated rings. The van der Waals surface area contributed by atoms with Crippen LogP contribution in [-0.4, -0.2) is 69.7 Å². The fourth-order valence-corrected chi connectivity index (χ4v) is 4.08. The highest BCUT2D eigenvalue weighted by molar-refractivity contribution is 7.78. The Kier molecular flexibility index (Phi) is 8.78. The second-order valence-corrected chi connectivity index (χ2v) is 8.39. The Labute approximate surface area is 193 Å². The van der Waals surface area contributed by atoms with Crippen molar-refractivity contribution in [2.75, 3.05) is 39.4 Å². The summed E-state index contributed by atoms with van der Waals surface area (Å²) < 4.78 is 27.9. The second-order valence-electron chi connectivity index (χ2n) is 7.49. The molecule has 176 valence electrons. The van der Waals surface area contributed by atoms with Gasteiger partial charge >= 0.3 is 0 Å². The Morgan fingerprint density at radius 3 is 2.45 bits per heavy atom. The lowest BCUT2D eigenvalue weighted by molar-refractivity contribution is -0.385. The molecule has 1 atom stereocenters. The van der Waals surface area contributed by atoms with Crippen LogP contribution in [0.4, 0.5) is 5.69 Å². The number of hydrogen-bond acceptors (Lipinski definition) is 8. The number of nitrogens with zero attached hydrogens (tertiary/aromatic N) is 2. The van der Waals surface area contributed by atoms with Crippen LogP contribution in [-0.2, 0) is 21.6 Å². The van der Waals surface area contributed by atoms with Gasteiger partial charge in [-0.05, 0) is 24.6 Å². The van der Waals surface area contributed by atoms with Gasteiger partial charge in [0, 0.05) is 42.6 Å². The predicted molar refractivity (Wildman–Crippen MR) is 120 cm³/mol. The minimum atomic E-state index is -2.59. The number of ketones is 1. The van der Waals surface area contributed by atoms with Crippen LogP contribution in [0.5, 0.6) is 0 Å². The number of amides is 1. The summed E-state index contributed by atoms with van der Waals surface area (Å²) in [6, 6.07) is 10.2. The molecule has 1 aliphatic heterocycles. The molecular weight excluding hydrogens is 450 g/mol. The Bertz CT molecular complexity index is 1040. The summed E-state index contributed by atoms with van der Waals surface area (Å²) in [6.45, 7) is 3.99. The maximum Gasteiger partial charge on any atom is 0.282 e. The van der Waals surface area contributed by atoms with Gasteiger partial charge in [0.15, 0.2) is 5.78 Å². The summed E-state index contributed by atoms with van der Waals surface area (Å²) in [4.78, 5) is 38.9. The van der Waals surface area contributed by atoms with E-state index in [1.54, 1.807) is 30.3 Å². The van der Waals surface area contributed by atoms with Crippen LogP contribution in [0.2, 0.25) is 0 Å². The minimum Gasteiger partial charge on any atom is -0.772 e. The summed E-state index contributed by atoms with van der Waals surface area (Å²) in [6.07, 6.45) is 0.641. The molecule has 33 heavy (non-hydrogen) atoms. The van der Waals surface area contributed by atoms with Gasteiger partial charge in [-0.15, -0.1) is 0 Å². The summed E-state index contributed by atoms with van der Waals surface area (Å²) >= 11 is -2.59. The molecule has 1 aliphatic rings. The van der Waals surface area contributed by atoms with Crippen molar-refractivity contribution in [3.05, 3.63) is 74.8 Å². The van der Waals surface area contributed by atoms with Gasteiger partial charge in [0.2, 0.25) is 0 Å². The van der Waals surface area contributed by atoms with E-state index in [1.165, 1.54) is 0 Å². The molecule has 1 heterocycles. The lowest BCUT2D eigenvalue weighted by atomic mass is 9.95. The van der Waals surface area contributed by atoms with E-state index in [9.17, 15) is 28.5 Å². The maximum absolute atomic E-state index is 13.0. The zero-order chi connectivity index (χ0) is 23.8. The SMILES string of the molecule is O=C(c1ccccc1)c1cc(C(=O)NCCCN2CCOCC2)c([N+](=O)[O-])cc1CS(=O)[O-]. The first kappa shape index (κ1) is 24.6. The molecule has 0 aliphatic carbocycles. The first-order valence-corrected chi connectivity index (χ1v) is 11.7. The van der Waals surface area contributed by atoms with Crippen molar-refractivity contribution in [2.24, 2.45) is 0 Å². The van der Waals surface area contributed by atoms with E-state index in [4.69, 9.17) is 4.74 Å². The molecule has 11 heteroatoms. The van der Waals surface area contributed by atoms with Gasteiger partial charge in [-0.25, -0.2) is 0 Å². The molecular formula is C22H24N3O7S-. The third kappa shape index (κ3) is 6.75. The first-order chi connectivity index (χ1) is 15.9. The largest absolute Gasteiger partial charge is 0.772 e. The molecule has 0 spiro atoms. The summed E-state index contributed by atoms with van der Waals surface area (Å²) in [5, 5.41) is 14.3. The van der Waals surface area contributed by atoms with Gasteiger partial charge in [-0.3, -0.25) is 28.8 Å². The molecule has 1 saturated heterocycles. The van der Waals surface area contributed by atoms with Gasteiger partial charge in [-0.2, -0.15) is 0 Å². The highest BCUT2D eigenvalue weighted by Crippen LogP contribution is 2.27. The predicted octanol–water partition coefficient (Wildman–Crippen LogP) is 1.66. The molecule has 3 rings (SSSR count). The topological polar surface area (TPSA) is 142 Å². The van der Waals surface area contributed by atoms with Gasteiger partial charge in [-0.1, -0.05) is 41.4 Å². The van der Waals surface area contributed by atoms with Crippen molar-refractivity contribution in [1.29, 1.82) is 0 Å². The lowest BCUT2D eigenvalue weighted by Crippen LogP contribution is -2.38. The molecule has 0 bridgehead atoms. The van der Waals surface area contributed by atoms with Crippen LogP contribution in [0.25, 0.3) is 0 Å². The number of nitro groups is 1. The molecule has 2 aromatic carbocycles. The molecule has 0 radical (unpaired) electrons. The van der Waals surface area contributed by atoms with Crippen molar-refractivity contribution in [2.45, 2.75) is 12.2 Å². The summed E-state index contributed by atoms with van der Waals surface area (Å²) in [5.41, 5.74) is -0.653. The standard InChI is InChI=1S/C22H25N3O7S/c26-21(16-5-2-1-3-6-16)18-14-19(20(25(28)29)13-17(18)15-33(30)31)22(27)23-7-4-8-24-9-11-32-12-10-24/h1-3,5-6,13-14H,4,7-12,15H2,(H,23,27)(H,30,31)/p-1. The van der Waals surface area contributed by atoms with Crippen molar-refractivity contribution in [1.82, 2.24) is 10.2 Å². The van der Waals surface area contributed by atoms with Crippen LogP contribution in [0.3, 0.4) is 0 Å². The quantitative estimate of drug-likeness (QED) is 0.180. The van der Waals surface area contributed by atoms with Crippen LogP contribution in [0.15, 0.2) is 42.5 Å². The van der Waals surface area contributed by atoms with E-state index < -0.39 is 39.1 Å². The molecule has 1 unspecified atom stereocenters. The van der Waals surface area contributed by atoms with Crippen molar-refractivity contribution in [3.8, 4) is 0 Å². The number of hydrogen-bond donors (Lipinski definition) is 1. The molecule has 1 N–H and O–H groups in total. The number of nitrogens with one attached hydrogen (secondary N) is 1. The van der Waals surface area contributed by atoms with Gasteiger partial charge in [0.05, 0.1) is 18.1 Å². The third-order valence-electron chi connectivity index (χ3n) is 5.26. The summed E-state index contributed by atoms with van der Waals surface area (Å²) in [5.74, 6) is -1.80. The fourth-order valence-electron chi connectivity index (χ4n) is 3.59. The first-order valence-electron chi connectivity index (χ1n) is 10.4. The molecule has 1 amide bonds. The normalized spacial score (nSPS) is 15.1. The number of benzene rings is 2. The average molecular weight is 475 g/mol. The van der Waals surface area contributed by atoms with Crippen LogP contribution < -0.4 is 5.32 Å². The highest BCUT2D eigenvalue weighted by atomic mass is 32.2. The van der Waals surface area contributed by atoms with Crippen LogP contribution >= 0.6 is 0 Å². The Morgan fingerprint density at radius 1 is 1.12 bits per heavy atom. The zero-order valence-electron chi connectivity index (χ0n) is 17.9. The number of carbonyl (C=O) groups is 2. The van der Waals surface area contributed by atoms with E-state index in [0.29, 0.717) is 26.2 Å². The summed E-state index contributed by atoms with van der Waals surface area (Å²) in [7, 11) is 0. The van der Waals surface area contributed by atoms with Gasteiger partial charge in [0.25, 0.3) is 11.6 Å². The van der Waals surface area contributed by atoms with E-state index in [1.807, 2.05) is 0 Å². The monoisotopic (exact) mass is 474 g/mol. The van der Waals surface area contributed by atoms with Gasteiger partial charge < -0.3 is 14.6 Å². The van der Waals surface area contributed by atoms with Crippen molar-refractivity contribution >= 4 is 28.5 Å². The molecule has 10 nitrogen and oxygen atoms in total. The van der Waals surface area contributed by atoms with Gasteiger partial charge in [0.1, 0.15) is 5.56 Å². The van der Waals surface area contributed by atoms with Crippen LogP contribution in [0.1, 0.15) is 38.3 Å². The van der Waals surface area contributed by atoms with Crippen molar-refractivity contribution in [3.63, 3.8) is 0 Å². The average Bonchev–Trinajstić information content (AvgIpc) is 2.81. The minimum absolute atomic E-state index is 0.0345. The smallest absolute Gasteiger partial charge is 0.282 e.